The summed E-state index contributed by atoms with van der Waals surface area (Å²) in [6.07, 6.45) is 0.651. The van der Waals surface area contributed by atoms with Gasteiger partial charge in [-0.25, -0.2) is 9.69 Å². The summed E-state index contributed by atoms with van der Waals surface area (Å²) in [7, 11) is 0. The summed E-state index contributed by atoms with van der Waals surface area (Å²) in [6.45, 7) is 2.06. The minimum atomic E-state index is -1.15. The van der Waals surface area contributed by atoms with Crippen LogP contribution in [-0.4, -0.2) is 39.6 Å². The van der Waals surface area contributed by atoms with Crippen molar-refractivity contribution in [3.8, 4) is 0 Å². The van der Waals surface area contributed by atoms with Crippen molar-refractivity contribution in [3.63, 3.8) is 0 Å². The Morgan fingerprint density at radius 1 is 1.82 bits per heavy atom. The van der Waals surface area contributed by atoms with Crippen molar-refractivity contribution in [2.45, 2.75) is 11.7 Å². The highest BCUT2D eigenvalue weighted by molar-refractivity contribution is 8.00. The van der Waals surface area contributed by atoms with E-state index < -0.39 is 10.8 Å². The number of carboxylic acid groups (broad SMARTS) is 1. The first-order chi connectivity index (χ1) is 5.01. The van der Waals surface area contributed by atoms with E-state index in [0.717, 1.165) is 4.90 Å². The normalized spacial score (nSPS) is 30.0. The van der Waals surface area contributed by atoms with Crippen LogP contribution in [0.5, 0.6) is 0 Å². The van der Waals surface area contributed by atoms with Crippen molar-refractivity contribution >= 4 is 23.8 Å². The van der Waals surface area contributed by atoms with Gasteiger partial charge in [0, 0.05) is 0 Å². The zero-order valence-electron chi connectivity index (χ0n) is 6.33. The lowest BCUT2D eigenvalue weighted by Gasteiger charge is -2.42. The third kappa shape index (κ3) is 1.09. The number of thioether (sulfide) groups is 1. The Labute approximate surface area is 68.6 Å². The molecule has 0 aromatic carbocycles. The van der Waals surface area contributed by atoms with Crippen LogP contribution in [0.3, 0.4) is 0 Å². The summed E-state index contributed by atoms with van der Waals surface area (Å²) < 4.78 is -0.502. The molecule has 0 aromatic heterocycles. The van der Waals surface area contributed by atoms with Crippen LogP contribution in [0.2, 0.25) is 0 Å². The largest absolute Gasteiger partial charge is 0.465 e. The van der Waals surface area contributed by atoms with Gasteiger partial charge in [0.1, 0.15) is 4.75 Å². The van der Waals surface area contributed by atoms with Crippen LogP contribution in [0.25, 0.3) is 0 Å². The third-order valence-electron chi connectivity index (χ3n) is 1.84. The van der Waals surface area contributed by atoms with E-state index in [0.29, 0.717) is 6.54 Å². The van der Waals surface area contributed by atoms with Gasteiger partial charge in [-0.05, 0) is 13.2 Å². The lowest BCUT2D eigenvalue weighted by molar-refractivity contribution is -0.140. The number of carbonyl (C=O) groups is 2. The molecule has 0 aliphatic carbocycles. The van der Waals surface area contributed by atoms with Crippen LogP contribution < -0.4 is 0 Å². The maximum Gasteiger partial charge on any atom is 0.414 e. The van der Waals surface area contributed by atoms with Gasteiger partial charge in [-0.1, -0.05) is 0 Å². The van der Waals surface area contributed by atoms with Crippen LogP contribution in [0.1, 0.15) is 6.92 Å². The lowest BCUT2D eigenvalue weighted by Crippen LogP contribution is -2.64. The molecule has 0 radical (unpaired) electrons. The molecular formula is C6H9NO3S. The Bertz CT molecular complexity index is 218. The van der Waals surface area contributed by atoms with Crippen molar-refractivity contribution < 1.29 is 14.7 Å². The van der Waals surface area contributed by atoms with Gasteiger partial charge in [-0.2, -0.15) is 0 Å². The second kappa shape index (κ2) is 2.41. The second-order valence-corrected chi connectivity index (χ2v) is 3.92. The standard InChI is InChI=1S/C6H9NO3S/c1-6(11-2)3-7(4(6)8)5(9)10/h3H2,1-2H3,(H,9,10)/t6-/m1/s1. The molecule has 0 spiro atoms. The highest BCUT2D eigenvalue weighted by Crippen LogP contribution is 2.34. The number of amides is 2. The summed E-state index contributed by atoms with van der Waals surface area (Å²) in [5.74, 6) is -0.308. The molecular weight excluding hydrogens is 166 g/mol. The van der Waals surface area contributed by atoms with Crippen LogP contribution >= 0.6 is 11.8 Å². The zero-order valence-corrected chi connectivity index (χ0v) is 7.14. The fraction of sp³-hybridized carbons (Fsp3) is 0.667. The van der Waals surface area contributed by atoms with E-state index in [2.05, 4.69) is 0 Å². The van der Waals surface area contributed by atoms with Crippen molar-refractivity contribution in [2.24, 2.45) is 0 Å². The Morgan fingerprint density at radius 3 is 2.64 bits per heavy atom. The number of rotatable bonds is 1. The van der Waals surface area contributed by atoms with E-state index in [1.165, 1.54) is 11.8 Å². The summed E-state index contributed by atoms with van der Waals surface area (Å²) >= 11 is 1.39. The Balaban J connectivity index is 2.64. The number of imide groups is 1. The van der Waals surface area contributed by atoms with E-state index in [1.807, 2.05) is 0 Å². The monoisotopic (exact) mass is 175 g/mol. The predicted molar refractivity (Wildman–Crippen MR) is 41.7 cm³/mol. The van der Waals surface area contributed by atoms with Gasteiger partial charge >= 0.3 is 6.09 Å². The smallest absolute Gasteiger partial charge is 0.414 e. The van der Waals surface area contributed by atoms with Crippen molar-refractivity contribution in [2.75, 3.05) is 12.8 Å². The summed E-state index contributed by atoms with van der Waals surface area (Å²) in [5.41, 5.74) is 0. The van der Waals surface area contributed by atoms with Crippen molar-refractivity contribution in [3.05, 3.63) is 0 Å². The molecule has 11 heavy (non-hydrogen) atoms. The molecule has 1 fully saturated rings. The highest BCUT2D eigenvalue weighted by atomic mass is 32.2. The number of carbonyl (C=O) groups excluding carboxylic acids is 1. The van der Waals surface area contributed by atoms with Gasteiger partial charge in [0.15, 0.2) is 0 Å². The second-order valence-electron chi connectivity index (χ2n) is 2.61. The van der Waals surface area contributed by atoms with E-state index >= 15 is 0 Å². The molecule has 2 amide bonds. The minimum Gasteiger partial charge on any atom is -0.465 e. The lowest BCUT2D eigenvalue weighted by atomic mass is 10.0. The summed E-state index contributed by atoms with van der Waals surface area (Å²) in [6, 6.07) is 0. The molecule has 4 nitrogen and oxygen atoms in total. The SMILES string of the molecule is CS[C@]1(C)CN(C(=O)O)C1=O. The third-order valence-corrected chi connectivity index (χ3v) is 3.04. The quantitative estimate of drug-likeness (QED) is 0.594. The first-order valence-electron chi connectivity index (χ1n) is 3.11. The molecule has 1 aliphatic rings. The number of nitrogens with zero attached hydrogens (tertiary/aromatic N) is 1. The molecule has 0 aromatic rings. The van der Waals surface area contributed by atoms with Gasteiger partial charge in [-0.3, -0.25) is 4.79 Å². The fourth-order valence-corrected chi connectivity index (χ4v) is 1.48. The molecule has 5 heteroatoms. The first-order valence-corrected chi connectivity index (χ1v) is 4.34. The zero-order chi connectivity index (χ0) is 8.65. The Kier molecular flexibility index (Phi) is 1.83. The molecule has 1 heterocycles. The molecule has 62 valence electrons. The summed E-state index contributed by atoms with van der Waals surface area (Å²) in [5, 5.41) is 8.43. The van der Waals surface area contributed by atoms with Gasteiger partial charge in [0.05, 0.1) is 6.54 Å². The van der Waals surface area contributed by atoms with Gasteiger partial charge in [0.2, 0.25) is 5.91 Å². The van der Waals surface area contributed by atoms with E-state index in [1.54, 1.807) is 13.2 Å². The predicted octanol–water partition coefficient (Wildman–Crippen LogP) is 0.628. The van der Waals surface area contributed by atoms with E-state index in [4.69, 9.17) is 5.11 Å². The molecule has 1 atom stereocenters. The van der Waals surface area contributed by atoms with E-state index in [9.17, 15) is 9.59 Å². The van der Waals surface area contributed by atoms with Gasteiger partial charge < -0.3 is 5.11 Å². The molecule has 0 bridgehead atoms. The number of hydrogen-bond donors (Lipinski definition) is 1. The molecule has 1 aliphatic heterocycles. The summed E-state index contributed by atoms with van der Waals surface area (Å²) in [4.78, 5) is 22.2. The maximum atomic E-state index is 11.1. The molecule has 0 saturated carbocycles. The number of likely N-dealkylation sites (tertiary alicyclic amines) is 1. The van der Waals surface area contributed by atoms with Crippen molar-refractivity contribution in [1.82, 2.24) is 4.90 Å². The number of β-lactam (4-membered cyclic amide) rings is 1. The van der Waals surface area contributed by atoms with Crippen LogP contribution in [0.15, 0.2) is 0 Å². The van der Waals surface area contributed by atoms with Crippen LogP contribution in [-0.2, 0) is 4.79 Å². The first kappa shape index (κ1) is 8.39. The Morgan fingerprint density at radius 2 is 2.36 bits per heavy atom. The Hall–Kier alpha value is -0.710. The number of hydrogen-bond acceptors (Lipinski definition) is 3. The highest BCUT2D eigenvalue weighted by Gasteiger charge is 2.50. The van der Waals surface area contributed by atoms with Crippen LogP contribution in [0, 0.1) is 0 Å². The van der Waals surface area contributed by atoms with Crippen LogP contribution in [0.4, 0.5) is 4.79 Å². The molecule has 1 saturated heterocycles. The average molecular weight is 175 g/mol. The topological polar surface area (TPSA) is 57.6 Å². The van der Waals surface area contributed by atoms with Crippen molar-refractivity contribution in [1.29, 1.82) is 0 Å². The molecule has 0 unspecified atom stereocenters. The fourth-order valence-electron chi connectivity index (χ4n) is 0.942. The van der Waals surface area contributed by atoms with Gasteiger partial charge in [-0.15, -0.1) is 11.8 Å². The average Bonchev–Trinajstić information content (AvgIpc) is 1.98. The van der Waals surface area contributed by atoms with E-state index in [-0.39, 0.29) is 5.91 Å². The van der Waals surface area contributed by atoms with Gasteiger partial charge in [0.25, 0.3) is 0 Å². The molecule has 1 N–H and O–H groups in total. The maximum absolute atomic E-state index is 11.1. The molecule has 1 rings (SSSR count). The minimum absolute atomic E-state index is 0.308.